The van der Waals surface area contributed by atoms with Crippen LogP contribution in [0.4, 0.5) is 5.82 Å². The van der Waals surface area contributed by atoms with Crippen LogP contribution < -0.4 is 5.32 Å². The molecular weight excluding hydrogens is 324 g/mol. The second-order valence-electron chi connectivity index (χ2n) is 6.72. The van der Waals surface area contributed by atoms with E-state index >= 15 is 0 Å². The molecule has 1 saturated carbocycles. The maximum absolute atomic E-state index is 12.4. The van der Waals surface area contributed by atoms with E-state index in [9.17, 15) is 14.4 Å². The maximum atomic E-state index is 12.4. The summed E-state index contributed by atoms with van der Waals surface area (Å²) in [6.45, 7) is 3.35. The average molecular weight is 348 g/mol. The number of hydrogen-bond donors (Lipinski definition) is 1. The number of esters is 1. The van der Waals surface area contributed by atoms with Crippen LogP contribution in [0.1, 0.15) is 43.0 Å². The van der Waals surface area contributed by atoms with E-state index in [4.69, 9.17) is 4.74 Å². The number of rotatable bonds is 6. The summed E-state index contributed by atoms with van der Waals surface area (Å²) in [7, 11) is 1.66. The van der Waals surface area contributed by atoms with E-state index in [1.807, 2.05) is 4.90 Å². The molecule has 8 nitrogen and oxygen atoms in total. The molecule has 8 heteroatoms. The molecule has 1 aliphatic carbocycles. The highest BCUT2D eigenvalue weighted by Crippen LogP contribution is 2.33. The standard InChI is InChI=1S/C17H24N4O4/c1-3-25-17(24)13-9-18-20(2)15(13)19-14(22)8-11-6-7-21(10-11)16(23)12-4-5-12/h9,11-12H,3-8,10H2,1-2H3,(H,19,22)/t11-/m0/s1. The molecule has 1 atom stereocenters. The van der Waals surface area contributed by atoms with Gasteiger partial charge in [-0.3, -0.25) is 14.3 Å². The average Bonchev–Trinajstić information content (AvgIpc) is 3.23. The third-order valence-corrected chi connectivity index (χ3v) is 4.69. The van der Waals surface area contributed by atoms with Gasteiger partial charge in [-0.2, -0.15) is 5.10 Å². The molecule has 136 valence electrons. The molecule has 3 rings (SSSR count). The summed E-state index contributed by atoms with van der Waals surface area (Å²) >= 11 is 0. The lowest BCUT2D eigenvalue weighted by Gasteiger charge is -2.16. The minimum Gasteiger partial charge on any atom is -0.462 e. The highest BCUT2D eigenvalue weighted by molar-refractivity contribution is 6.00. The smallest absolute Gasteiger partial charge is 0.343 e. The third-order valence-electron chi connectivity index (χ3n) is 4.69. The number of anilines is 1. The Bertz CT molecular complexity index is 680. The quantitative estimate of drug-likeness (QED) is 0.779. The second kappa shape index (κ2) is 7.25. The molecule has 25 heavy (non-hydrogen) atoms. The largest absolute Gasteiger partial charge is 0.462 e. The third kappa shape index (κ3) is 4.00. The van der Waals surface area contributed by atoms with Gasteiger partial charge in [0.25, 0.3) is 0 Å². The van der Waals surface area contributed by atoms with Crippen molar-refractivity contribution >= 4 is 23.6 Å². The molecule has 1 aromatic rings. The van der Waals surface area contributed by atoms with Gasteiger partial charge in [0.05, 0.1) is 12.8 Å². The Hall–Kier alpha value is -2.38. The number of carbonyl (C=O) groups excluding carboxylic acids is 3. The number of amides is 2. The summed E-state index contributed by atoms with van der Waals surface area (Å²) in [6, 6.07) is 0. The van der Waals surface area contributed by atoms with Crippen molar-refractivity contribution < 1.29 is 19.1 Å². The van der Waals surface area contributed by atoms with E-state index in [1.165, 1.54) is 10.9 Å². The van der Waals surface area contributed by atoms with Crippen molar-refractivity contribution in [3.63, 3.8) is 0 Å². The zero-order valence-corrected chi connectivity index (χ0v) is 14.7. The van der Waals surface area contributed by atoms with Crippen molar-refractivity contribution in [2.75, 3.05) is 25.0 Å². The first-order chi connectivity index (χ1) is 12.0. The molecule has 1 N–H and O–H groups in total. The predicted molar refractivity (Wildman–Crippen MR) is 89.8 cm³/mol. The number of hydrogen-bond acceptors (Lipinski definition) is 5. The highest BCUT2D eigenvalue weighted by Gasteiger charge is 2.37. The SMILES string of the molecule is CCOC(=O)c1cnn(C)c1NC(=O)C[C@@H]1CCN(C(=O)C2CC2)C1. The zero-order valence-electron chi connectivity index (χ0n) is 14.7. The predicted octanol–water partition coefficient (Wildman–Crippen LogP) is 1.18. The number of nitrogens with one attached hydrogen (secondary N) is 1. The summed E-state index contributed by atoms with van der Waals surface area (Å²) in [6.07, 6.45) is 4.54. The van der Waals surface area contributed by atoms with E-state index < -0.39 is 5.97 Å². The first kappa shape index (κ1) is 17.4. The summed E-state index contributed by atoms with van der Waals surface area (Å²) in [5.41, 5.74) is 0.245. The van der Waals surface area contributed by atoms with Crippen LogP contribution in [-0.4, -0.2) is 52.2 Å². The lowest BCUT2D eigenvalue weighted by Crippen LogP contribution is -2.30. The summed E-state index contributed by atoms with van der Waals surface area (Å²) in [5.74, 6) is 0.260. The first-order valence-electron chi connectivity index (χ1n) is 8.77. The Morgan fingerprint density at radius 2 is 2.08 bits per heavy atom. The zero-order chi connectivity index (χ0) is 18.0. The van der Waals surface area contributed by atoms with Gasteiger partial charge in [-0.1, -0.05) is 0 Å². The van der Waals surface area contributed by atoms with Crippen LogP contribution in [0.5, 0.6) is 0 Å². The molecule has 2 heterocycles. The molecule has 0 bridgehead atoms. The number of likely N-dealkylation sites (tertiary alicyclic amines) is 1. The Balaban J connectivity index is 1.55. The maximum Gasteiger partial charge on any atom is 0.343 e. The Morgan fingerprint density at radius 1 is 1.32 bits per heavy atom. The van der Waals surface area contributed by atoms with Gasteiger partial charge in [-0.15, -0.1) is 0 Å². The number of aromatic nitrogens is 2. The Labute approximate surface area is 146 Å². The summed E-state index contributed by atoms with van der Waals surface area (Å²) in [5, 5.41) is 6.78. The van der Waals surface area contributed by atoms with Gasteiger partial charge in [0.1, 0.15) is 11.4 Å². The fourth-order valence-electron chi connectivity index (χ4n) is 3.18. The minimum absolute atomic E-state index is 0.155. The number of ether oxygens (including phenoxy) is 1. The fourth-order valence-corrected chi connectivity index (χ4v) is 3.18. The molecule has 2 fully saturated rings. The van der Waals surface area contributed by atoms with E-state index in [0.29, 0.717) is 18.8 Å². The summed E-state index contributed by atoms with van der Waals surface area (Å²) < 4.78 is 6.42. The van der Waals surface area contributed by atoms with Crippen molar-refractivity contribution in [2.24, 2.45) is 18.9 Å². The molecule has 0 unspecified atom stereocenters. The first-order valence-corrected chi connectivity index (χ1v) is 8.77. The lowest BCUT2D eigenvalue weighted by atomic mass is 10.0. The van der Waals surface area contributed by atoms with Crippen LogP contribution >= 0.6 is 0 Å². The van der Waals surface area contributed by atoms with Crippen molar-refractivity contribution in [1.29, 1.82) is 0 Å². The molecule has 1 aliphatic heterocycles. The minimum atomic E-state index is -0.507. The molecule has 0 aromatic carbocycles. The van der Waals surface area contributed by atoms with Gasteiger partial charge >= 0.3 is 5.97 Å². The highest BCUT2D eigenvalue weighted by atomic mass is 16.5. The molecule has 1 saturated heterocycles. The number of carbonyl (C=O) groups is 3. The van der Waals surface area contributed by atoms with Crippen molar-refractivity contribution in [2.45, 2.75) is 32.6 Å². The van der Waals surface area contributed by atoms with E-state index in [0.717, 1.165) is 25.8 Å². The normalized spacial score (nSPS) is 19.8. The summed E-state index contributed by atoms with van der Waals surface area (Å²) in [4.78, 5) is 38.2. The molecule has 2 aliphatic rings. The van der Waals surface area contributed by atoms with Gasteiger partial charge in [0.2, 0.25) is 11.8 Å². The van der Waals surface area contributed by atoms with E-state index in [-0.39, 0.29) is 35.8 Å². The van der Waals surface area contributed by atoms with Crippen LogP contribution in [0.2, 0.25) is 0 Å². The van der Waals surface area contributed by atoms with Crippen molar-refractivity contribution in [1.82, 2.24) is 14.7 Å². The second-order valence-corrected chi connectivity index (χ2v) is 6.72. The van der Waals surface area contributed by atoms with Crippen molar-refractivity contribution in [3.8, 4) is 0 Å². The van der Waals surface area contributed by atoms with Crippen LogP contribution in [-0.2, 0) is 21.4 Å². The molecule has 0 spiro atoms. The number of nitrogens with zero attached hydrogens (tertiary/aromatic N) is 3. The van der Waals surface area contributed by atoms with Gasteiger partial charge in [-0.25, -0.2) is 4.79 Å². The number of aryl methyl sites for hydroxylation is 1. The molecule has 1 aromatic heterocycles. The molecule has 2 amide bonds. The topological polar surface area (TPSA) is 93.5 Å². The van der Waals surface area contributed by atoms with Gasteiger partial charge in [0.15, 0.2) is 0 Å². The Morgan fingerprint density at radius 3 is 2.76 bits per heavy atom. The lowest BCUT2D eigenvalue weighted by molar-refractivity contribution is -0.131. The van der Waals surface area contributed by atoms with Crippen LogP contribution in [0.15, 0.2) is 6.20 Å². The molecule has 0 radical (unpaired) electrons. The Kier molecular flexibility index (Phi) is 5.06. The monoisotopic (exact) mass is 348 g/mol. The van der Waals surface area contributed by atoms with Gasteiger partial charge in [-0.05, 0) is 32.1 Å². The van der Waals surface area contributed by atoms with Crippen LogP contribution in [0.25, 0.3) is 0 Å². The fraction of sp³-hybridized carbons (Fsp3) is 0.647. The van der Waals surface area contributed by atoms with Crippen LogP contribution in [0, 0.1) is 11.8 Å². The molecular formula is C17H24N4O4. The van der Waals surface area contributed by atoms with Crippen molar-refractivity contribution in [3.05, 3.63) is 11.8 Å². The van der Waals surface area contributed by atoms with E-state index in [1.54, 1.807) is 14.0 Å². The van der Waals surface area contributed by atoms with Gasteiger partial charge < -0.3 is 15.0 Å². The van der Waals surface area contributed by atoms with Crippen LogP contribution in [0.3, 0.4) is 0 Å². The van der Waals surface area contributed by atoms with Gasteiger partial charge in [0, 0.05) is 32.5 Å². The van der Waals surface area contributed by atoms with E-state index in [2.05, 4.69) is 10.4 Å².